The van der Waals surface area contributed by atoms with Crippen molar-refractivity contribution in [2.45, 2.75) is 45.1 Å². The predicted molar refractivity (Wildman–Crippen MR) is 45.8 cm³/mol. The molecule has 0 aromatic heterocycles. The van der Waals surface area contributed by atoms with Gasteiger partial charge in [0.05, 0.1) is 6.10 Å². The predicted octanol–water partition coefficient (Wildman–Crippen LogP) is 2.35. The van der Waals surface area contributed by atoms with E-state index in [9.17, 15) is 4.79 Å². The van der Waals surface area contributed by atoms with Gasteiger partial charge in [-0.3, -0.25) is 4.79 Å². The largest absolute Gasteiger partial charge is 0.462 e. The molecule has 0 aromatic carbocycles. The molecule has 0 saturated heterocycles. The molecule has 0 amide bonds. The monoisotopic (exact) mass is 178 g/mol. The van der Waals surface area contributed by atoms with Crippen molar-refractivity contribution in [3.63, 3.8) is 0 Å². The molecule has 0 rings (SSSR count). The second-order valence-electron chi connectivity index (χ2n) is 2.74. The van der Waals surface area contributed by atoms with Crippen LogP contribution in [-0.4, -0.2) is 17.5 Å². The van der Waals surface area contributed by atoms with E-state index in [0.717, 1.165) is 6.42 Å². The van der Waals surface area contributed by atoms with Gasteiger partial charge in [0.1, 0.15) is 5.38 Å². The van der Waals surface area contributed by atoms with Crippen LogP contribution in [-0.2, 0) is 9.53 Å². The van der Waals surface area contributed by atoms with Crippen molar-refractivity contribution in [3.05, 3.63) is 0 Å². The molecule has 1 unspecified atom stereocenters. The van der Waals surface area contributed by atoms with Gasteiger partial charge in [0.25, 0.3) is 0 Å². The van der Waals surface area contributed by atoms with Crippen molar-refractivity contribution in [3.8, 4) is 0 Å². The summed E-state index contributed by atoms with van der Waals surface area (Å²) in [5.41, 5.74) is 0. The summed E-state index contributed by atoms with van der Waals surface area (Å²) in [6.07, 6.45) is 1.52. The highest BCUT2D eigenvalue weighted by atomic mass is 35.5. The first-order chi connectivity index (χ1) is 5.07. The topological polar surface area (TPSA) is 26.3 Å². The minimum absolute atomic E-state index is 0.0689. The third kappa shape index (κ3) is 5.08. The smallest absolute Gasteiger partial charge is 0.324 e. The van der Waals surface area contributed by atoms with E-state index in [1.807, 2.05) is 20.8 Å². The fraction of sp³-hybridized carbons (Fsp3) is 0.875. The van der Waals surface area contributed by atoms with Crippen molar-refractivity contribution in [2.75, 3.05) is 0 Å². The van der Waals surface area contributed by atoms with E-state index < -0.39 is 5.38 Å². The molecule has 0 radical (unpaired) electrons. The molecule has 0 spiro atoms. The zero-order valence-electron chi connectivity index (χ0n) is 7.26. The molecule has 0 saturated carbocycles. The van der Waals surface area contributed by atoms with Crippen LogP contribution >= 0.6 is 11.6 Å². The van der Waals surface area contributed by atoms with Gasteiger partial charge in [-0.1, -0.05) is 13.3 Å². The minimum atomic E-state index is -0.470. The Balaban J connectivity index is 3.64. The molecule has 0 aliphatic heterocycles. The highest BCUT2D eigenvalue weighted by molar-refractivity contribution is 6.29. The van der Waals surface area contributed by atoms with Crippen molar-refractivity contribution >= 4 is 17.6 Å². The van der Waals surface area contributed by atoms with Gasteiger partial charge < -0.3 is 4.74 Å². The summed E-state index contributed by atoms with van der Waals surface area (Å²) >= 11 is 5.70. The van der Waals surface area contributed by atoms with Gasteiger partial charge in [-0.05, 0) is 20.3 Å². The number of ether oxygens (including phenoxy) is 1. The standard InChI is InChI=1S/C8H15ClO2/c1-4-5-7(9)8(10)11-6(2)3/h6-7H,4-5H2,1-3H3. The van der Waals surface area contributed by atoms with Gasteiger partial charge in [-0.2, -0.15) is 0 Å². The molecule has 0 N–H and O–H groups in total. The van der Waals surface area contributed by atoms with E-state index >= 15 is 0 Å². The van der Waals surface area contributed by atoms with Crippen LogP contribution in [0.1, 0.15) is 33.6 Å². The summed E-state index contributed by atoms with van der Waals surface area (Å²) in [5.74, 6) is -0.302. The number of halogens is 1. The van der Waals surface area contributed by atoms with Crippen LogP contribution in [0.2, 0.25) is 0 Å². The lowest BCUT2D eigenvalue weighted by molar-refractivity contribution is -0.147. The van der Waals surface area contributed by atoms with Crippen LogP contribution in [0.3, 0.4) is 0 Å². The zero-order chi connectivity index (χ0) is 8.85. The Morgan fingerprint density at radius 3 is 2.45 bits per heavy atom. The van der Waals surface area contributed by atoms with Crippen molar-refractivity contribution < 1.29 is 9.53 Å². The molecule has 0 heterocycles. The SMILES string of the molecule is CCCC(Cl)C(=O)OC(C)C. The first-order valence-corrected chi connectivity index (χ1v) is 4.36. The molecule has 0 aliphatic carbocycles. The Bertz CT molecular complexity index is 123. The number of carbonyl (C=O) groups excluding carboxylic acids is 1. The Hall–Kier alpha value is -0.240. The van der Waals surface area contributed by atoms with Gasteiger partial charge in [0, 0.05) is 0 Å². The lowest BCUT2D eigenvalue weighted by Gasteiger charge is -2.10. The van der Waals surface area contributed by atoms with Crippen LogP contribution < -0.4 is 0 Å². The van der Waals surface area contributed by atoms with E-state index in [4.69, 9.17) is 16.3 Å². The van der Waals surface area contributed by atoms with E-state index in [-0.39, 0.29) is 12.1 Å². The van der Waals surface area contributed by atoms with Crippen LogP contribution in [0.25, 0.3) is 0 Å². The fourth-order valence-corrected chi connectivity index (χ4v) is 0.947. The maximum atomic E-state index is 11.0. The fourth-order valence-electron chi connectivity index (χ4n) is 0.677. The average Bonchev–Trinajstić information content (AvgIpc) is 1.86. The average molecular weight is 179 g/mol. The van der Waals surface area contributed by atoms with Crippen LogP contribution in [0, 0.1) is 0 Å². The molecule has 2 nitrogen and oxygen atoms in total. The summed E-state index contributed by atoms with van der Waals surface area (Å²) in [6.45, 7) is 5.61. The van der Waals surface area contributed by atoms with Gasteiger partial charge >= 0.3 is 5.97 Å². The van der Waals surface area contributed by atoms with E-state index in [1.54, 1.807) is 0 Å². The van der Waals surface area contributed by atoms with E-state index in [2.05, 4.69) is 0 Å². The maximum absolute atomic E-state index is 11.0. The molecule has 0 bridgehead atoms. The molecule has 66 valence electrons. The normalized spacial score (nSPS) is 13.2. The van der Waals surface area contributed by atoms with Gasteiger partial charge in [0.15, 0.2) is 0 Å². The lowest BCUT2D eigenvalue weighted by Crippen LogP contribution is -2.21. The highest BCUT2D eigenvalue weighted by Gasteiger charge is 2.16. The Morgan fingerprint density at radius 1 is 1.55 bits per heavy atom. The summed E-state index contributed by atoms with van der Waals surface area (Å²) in [6, 6.07) is 0. The minimum Gasteiger partial charge on any atom is -0.462 e. The summed E-state index contributed by atoms with van der Waals surface area (Å²) in [4.78, 5) is 11.0. The zero-order valence-corrected chi connectivity index (χ0v) is 8.02. The van der Waals surface area contributed by atoms with Gasteiger partial charge in [0.2, 0.25) is 0 Å². The van der Waals surface area contributed by atoms with Gasteiger partial charge in [-0.15, -0.1) is 11.6 Å². The second-order valence-corrected chi connectivity index (χ2v) is 3.27. The molecule has 0 aliphatic rings. The van der Waals surface area contributed by atoms with Crippen LogP contribution in [0.5, 0.6) is 0 Å². The first kappa shape index (κ1) is 10.8. The lowest BCUT2D eigenvalue weighted by atomic mass is 10.2. The number of hydrogen-bond acceptors (Lipinski definition) is 2. The Morgan fingerprint density at radius 2 is 2.09 bits per heavy atom. The first-order valence-electron chi connectivity index (χ1n) is 3.92. The van der Waals surface area contributed by atoms with Crippen molar-refractivity contribution in [1.29, 1.82) is 0 Å². The molecular weight excluding hydrogens is 164 g/mol. The van der Waals surface area contributed by atoms with E-state index in [0.29, 0.717) is 6.42 Å². The van der Waals surface area contributed by atoms with Gasteiger partial charge in [-0.25, -0.2) is 0 Å². The third-order valence-electron chi connectivity index (χ3n) is 1.15. The van der Waals surface area contributed by atoms with Crippen LogP contribution in [0.4, 0.5) is 0 Å². The number of alkyl halides is 1. The molecule has 1 atom stereocenters. The quantitative estimate of drug-likeness (QED) is 0.488. The number of hydrogen-bond donors (Lipinski definition) is 0. The molecular formula is C8H15ClO2. The Kier molecular flexibility index (Phi) is 5.30. The highest BCUT2D eigenvalue weighted by Crippen LogP contribution is 2.08. The second kappa shape index (κ2) is 5.42. The summed E-state index contributed by atoms with van der Waals surface area (Å²) in [7, 11) is 0. The van der Waals surface area contributed by atoms with Crippen LogP contribution in [0.15, 0.2) is 0 Å². The molecule has 3 heteroatoms. The molecule has 0 aromatic rings. The summed E-state index contributed by atoms with van der Waals surface area (Å²) < 4.78 is 4.89. The van der Waals surface area contributed by atoms with E-state index in [1.165, 1.54) is 0 Å². The number of rotatable bonds is 4. The number of esters is 1. The van der Waals surface area contributed by atoms with Crippen molar-refractivity contribution in [1.82, 2.24) is 0 Å². The Labute approximate surface area is 72.9 Å². The third-order valence-corrected chi connectivity index (χ3v) is 1.55. The maximum Gasteiger partial charge on any atom is 0.324 e. The van der Waals surface area contributed by atoms with Crippen molar-refractivity contribution in [2.24, 2.45) is 0 Å². The number of carbonyl (C=O) groups is 1. The molecule has 0 fully saturated rings. The molecule has 11 heavy (non-hydrogen) atoms. The summed E-state index contributed by atoms with van der Waals surface area (Å²) in [5, 5.41) is -0.470.